The van der Waals surface area contributed by atoms with Gasteiger partial charge in [0.1, 0.15) is 0 Å². The summed E-state index contributed by atoms with van der Waals surface area (Å²) >= 11 is 1.82. The number of anilines is 3. The predicted molar refractivity (Wildman–Crippen MR) is 93.6 cm³/mol. The fraction of sp³-hybridized carbons (Fsp3) is 0.786. The summed E-state index contributed by atoms with van der Waals surface area (Å²) in [6, 6.07) is 0. The molecule has 0 saturated carbocycles. The van der Waals surface area contributed by atoms with Crippen LogP contribution in [0.2, 0.25) is 0 Å². The maximum atomic E-state index is 4.53. The van der Waals surface area contributed by atoms with E-state index in [2.05, 4.69) is 64.4 Å². The number of nitrogens with one attached hydrogen (secondary N) is 2. The molecule has 1 aromatic heterocycles. The van der Waals surface area contributed by atoms with Gasteiger partial charge in [0.05, 0.1) is 0 Å². The van der Waals surface area contributed by atoms with Crippen LogP contribution >= 0.6 is 11.8 Å². The van der Waals surface area contributed by atoms with Crippen LogP contribution in [0.15, 0.2) is 0 Å². The standard InChI is InChI=1S/C14H28N6S/c1-6-9-15-12-17-13(16-10-11(4)21-5)19-14(18-12)20(7-2)8-3/h11H,6-10H2,1-5H3,(H2,15,16,17,18,19). The van der Waals surface area contributed by atoms with Crippen molar-refractivity contribution in [1.82, 2.24) is 15.0 Å². The lowest BCUT2D eigenvalue weighted by molar-refractivity contribution is 0.808. The average molecular weight is 312 g/mol. The Morgan fingerprint density at radius 3 is 2.19 bits per heavy atom. The first-order valence-corrected chi connectivity index (χ1v) is 8.94. The van der Waals surface area contributed by atoms with Gasteiger partial charge < -0.3 is 15.5 Å². The summed E-state index contributed by atoms with van der Waals surface area (Å²) in [4.78, 5) is 15.6. The van der Waals surface area contributed by atoms with Crippen LogP contribution in [0.25, 0.3) is 0 Å². The van der Waals surface area contributed by atoms with Gasteiger partial charge in [0.2, 0.25) is 17.8 Å². The molecule has 0 spiro atoms. The van der Waals surface area contributed by atoms with Gasteiger partial charge in [0.25, 0.3) is 0 Å². The fourth-order valence-corrected chi connectivity index (χ4v) is 1.98. The van der Waals surface area contributed by atoms with E-state index in [4.69, 9.17) is 0 Å². The Balaban J connectivity index is 2.91. The van der Waals surface area contributed by atoms with E-state index in [0.29, 0.717) is 17.1 Å². The molecule has 0 aliphatic heterocycles. The smallest absolute Gasteiger partial charge is 0.231 e. The van der Waals surface area contributed by atoms with E-state index < -0.39 is 0 Å². The highest BCUT2D eigenvalue weighted by Crippen LogP contribution is 2.14. The predicted octanol–water partition coefficient (Wildman–Crippen LogP) is 2.70. The number of hydrogen-bond acceptors (Lipinski definition) is 7. The molecule has 0 saturated heterocycles. The molecule has 6 nitrogen and oxygen atoms in total. The quantitative estimate of drug-likeness (QED) is 0.688. The van der Waals surface area contributed by atoms with Crippen molar-refractivity contribution in [2.75, 3.05) is 48.0 Å². The lowest BCUT2D eigenvalue weighted by Gasteiger charge is -2.20. The minimum absolute atomic E-state index is 0.519. The van der Waals surface area contributed by atoms with Gasteiger partial charge >= 0.3 is 0 Å². The summed E-state index contributed by atoms with van der Waals surface area (Å²) in [5, 5.41) is 7.07. The zero-order valence-electron chi connectivity index (χ0n) is 13.8. The zero-order valence-corrected chi connectivity index (χ0v) is 14.6. The van der Waals surface area contributed by atoms with Crippen LogP contribution in [0.3, 0.4) is 0 Å². The lowest BCUT2D eigenvalue weighted by Crippen LogP contribution is -2.26. The Kier molecular flexibility index (Phi) is 8.19. The molecule has 1 heterocycles. The molecule has 0 aliphatic carbocycles. The fourth-order valence-electron chi connectivity index (χ4n) is 1.73. The van der Waals surface area contributed by atoms with Crippen molar-refractivity contribution >= 4 is 29.6 Å². The van der Waals surface area contributed by atoms with Crippen molar-refractivity contribution in [2.24, 2.45) is 0 Å². The molecule has 0 amide bonds. The molecule has 120 valence electrons. The summed E-state index contributed by atoms with van der Waals surface area (Å²) in [5.74, 6) is 2.02. The van der Waals surface area contributed by atoms with E-state index >= 15 is 0 Å². The van der Waals surface area contributed by atoms with Crippen LogP contribution in [-0.4, -0.2) is 52.6 Å². The molecule has 0 fully saturated rings. The molecule has 1 aromatic rings. The summed E-state index contributed by atoms with van der Waals surface area (Å²) in [6.07, 6.45) is 3.15. The normalized spacial score (nSPS) is 12.0. The Hall–Kier alpha value is -1.24. The van der Waals surface area contributed by atoms with Crippen LogP contribution in [0.1, 0.15) is 34.1 Å². The second-order valence-corrected chi connectivity index (χ2v) is 6.09. The van der Waals surface area contributed by atoms with Crippen molar-refractivity contribution < 1.29 is 0 Å². The minimum Gasteiger partial charge on any atom is -0.354 e. The highest BCUT2D eigenvalue weighted by Gasteiger charge is 2.11. The average Bonchev–Trinajstić information content (AvgIpc) is 2.51. The lowest BCUT2D eigenvalue weighted by atomic mass is 10.5. The van der Waals surface area contributed by atoms with Crippen molar-refractivity contribution in [3.05, 3.63) is 0 Å². The second-order valence-electron chi connectivity index (χ2n) is 4.81. The molecule has 1 unspecified atom stereocenters. The zero-order chi connectivity index (χ0) is 15.7. The summed E-state index contributed by atoms with van der Waals surface area (Å²) in [6.45, 7) is 12.0. The molecule has 0 aliphatic rings. The monoisotopic (exact) mass is 312 g/mol. The van der Waals surface area contributed by atoms with Crippen molar-refractivity contribution in [3.63, 3.8) is 0 Å². The number of hydrogen-bond donors (Lipinski definition) is 2. The Bertz CT molecular complexity index is 410. The Labute approximate surface area is 132 Å². The van der Waals surface area contributed by atoms with Crippen LogP contribution in [0.4, 0.5) is 17.8 Å². The van der Waals surface area contributed by atoms with Gasteiger partial charge in [-0.05, 0) is 26.5 Å². The number of nitrogens with zero attached hydrogens (tertiary/aromatic N) is 4. The molecule has 21 heavy (non-hydrogen) atoms. The summed E-state index contributed by atoms with van der Waals surface area (Å²) < 4.78 is 0. The number of thioether (sulfide) groups is 1. The van der Waals surface area contributed by atoms with E-state index in [-0.39, 0.29) is 0 Å². The van der Waals surface area contributed by atoms with E-state index in [0.717, 1.165) is 38.5 Å². The van der Waals surface area contributed by atoms with Gasteiger partial charge in [-0.25, -0.2) is 0 Å². The SMILES string of the molecule is CCCNc1nc(NCC(C)SC)nc(N(CC)CC)n1. The van der Waals surface area contributed by atoms with E-state index in [1.807, 2.05) is 11.8 Å². The van der Waals surface area contributed by atoms with Crippen LogP contribution in [-0.2, 0) is 0 Å². The third-order valence-corrected chi connectivity index (χ3v) is 4.12. The maximum absolute atomic E-state index is 4.53. The molecule has 0 radical (unpaired) electrons. The van der Waals surface area contributed by atoms with E-state index in [9.17, 15) is 0 Å². The van der Waals surface area contributed by atoms with Gasteiger partial charge in [-0.1, -0.05) is 13.8 Å². The molecular formula is C14H28N6S. The molecular weight excluding hydrogens is 284 g/mol. The first kappa shape index (κ1) is 17.8. The molecule has 0 aromatic carbocycles. The second kappa shape index (κ2) is 9.65. The van der Waals surface area contributed by atoms with Gasteiger partial charge in [-0.3, -0.25) is 0 Å². The van der Waals surface area contributed by atoms with E-state index in [1.165, 1.54) is 0 Å². The molecule has 1 atom stereocenters. The van der Waals surface area contributed by atoms with Crippen LogP contribution < -0.4 is 15.5 Å². The summed E-state index contributed by atoms with van der Waals surface area (Å²) in [7, 11) is 0. The third-order valence-electron chi connectivity index (χ3n) is 3.15. The Morgan fingerprint density at radius 1 is 1.05 bits per heavy atom. The summed E-state index contributed by atoms with van der Waals surface area (Å²) in [5.41, 5.74) is 0. The largest absolute Gasteiger partial charge is 0.354 e. The molecule has 7 heteroatoms. The van der Waals surface area contributed by atoms with E-state index in [1.54, 1.807) is 0 Å². The van der Waals surface area contributed by atoms with Gasteiger partial charge in [0, 0.05) is 31.4 Å². The maximum Gasteiger partial charge on any atom is 0.231 e. The first-order chi connectivity index (χ1) is 10.1. The highest BCUT2D eigenvalue weighted by molar-refractivity contribution is 7.99. The number of aromatic nitrogens is 3. The van der Waals surface area contributed by atoms with Crippen molar-refractivity contribution in [3.8, 4) is 0 Å². The van der Waals surface area contributed by atoms with Crippen LogP contribution in [0.5, 0.6) is 0 Å². The highest BCUT2D eigenvalue weighted by atomic mass is 32.2. The van der Waals surface area contributed by atoms with Crippen molar-refractivity contribution in [1.29, 1.82) is 0 Å². The third kappa shape index (κ3) is 5.95. The van der Waals surface area contributed by atoms with Crippen LogP contribution in [0, 0.1) is 0 Å². The first-order valence-electron chi connectivity index (χ1n) is 7.66. The van der Waals surface area contributed by atoms with Gasteiger partial charge in [0.15, 0.2) is 0 Å². The molecule has 0 bridgehead atoms. The number of rotatable bonds is 10. The minimum atomic E-state index is 0.519. The van der Waals surface area contributed by atoms with Gasteiger partial charge in [-0.2, -0.15) is 26.7 Å². The Morgan fingerprint density at radius 2 is 1.67 bits per heavy atom. The topological polar surface area (TPSA) is 66.0 Å². The molecule has 2 N–H and O–H groups in total. The van der Waals surface area contributed by atoms with Gasteiger partial charge in [-0.15, -0.1) is 0 Å². The molecule has 1 rings (SSSR count). The van der Waals surface area contributed by atoms with Crippen molar-refractivity contribution in [2.45, 2.75) is 39.4 Å².